The van der Waals surface area contributed by atoms with Gasteiger partial charge in [-0.05, 0) is 49.9 Å². The molecule has 0 bridgehead atoms. The SMILES string of the molecule is CC(Cc1ccc(Br)cc1)NC(=O)C1(C(C)C)CCNC1. The minimum atomic E-state index is -0.242. The second kappa shape index (κ2) is 6.93. The van der Waals surface area contributed by atoms with E-state index in [2.05, 4.69) is 59.5 Å². The molecule has 0 spiro atoms. The summed E-state index contributed by atoms with van der Waals surface area (Å²) in [5.41, 5.74) is 1.00. The van der Waals surface area contributed by atoms with Crippen molar-refractivity contribution >= 4 is 21.8 Å². The van der Waals surface area contributed by atoms with Crippen LogP contribution in [0.3, 0.4) is 0 Å². The van der Waals surface area contributed by atoms with Gasteiger partial charge >= 0.3 is 0 Å². The second-order valence-electron chi connectivity index (χ2n) is 6.44. The van der Waals surface area contributed by atoms with E-state index in [0.29, 0.717) is 5.92 Å². The summed E-state index contributed by atoms with van der Waals surface area (Å²) in [5.74, 6) is 0.555. The van der Waals surface area contributed by atoms with E-state index in [4.69, 9.17) is 0 Å². The van der Waals surface area contributed by atoms with Crippen LogP contribution < -0.4 is 10.6 Å². The molecule has 21 heavy (non-hydrogen) atoms. The van der Waals surface area contributed by atoms with Gasteiger partial charge in [0.2, 0.25) is 5.91 Å². The molecular formula is C17H25BrN2O. The Morgan fingerprint density at radius 2 is 2.00 bits per heavy atom. The minimum absolute atomic E-state index is 0.148. The molecule has 0 aromatic heterocycles. The molecule has 2 N–H and O–H groups in total. The number of hydrogen-bond acceptors (Lipinski definition) is 2. The second-order valence-corrected chi connectivity index (χ2v) is 7.36. The summed E-state index contributed by atoms with van der Waals surface area (Å²) in [6.45, 7) is 8.10. The summed E-state index contributed by atoms with van der Waals surface area (Å²) in [7, 11) is 0. The average Bonchev–Trinajstić information content (AvgIpc) is 2.92. The molecule has 2 rings (SSSR count). The lowest BCUT2D eigenvalue weighted by atomic mass is 9.75. The predicted octanol–water partition coefficient (Wildman–Crippen LogP) is 3.13. The van der Waals surface area contributed by atoms with Crippen molar-refractivity contribution in [2.24, 2.45) is 11.3 Å². The van der Waals surface area contributed by atoms with E-state index >= 15 is 0 Å². The third-order valence-corrected chi connectivity index (χ3v) is 5.11. The summed E-state index contributed by atoms with van der Waals surface area (Å²) in [5, 5.41) is 6.55. The number of rotatable bonds is 5. The predicted molar refractivity (Wildman–Crippen MR) is 90.2 cm³/mol. The third kappa shape index (κ3) is 3.86. The van der Waals surface area contributed by atoms with Crippen molar-refractivity contribution in [3.63, 3.8) is 0 Å². The summed E-state index contributed by atoms with van der Waals surface area (Å²) in [4.78, 5) is 12.7. The zero-order valence-corrected chi connectivity index (χ0v) is 14.7. The van der Waals surface area contributed by atoms with Crippen LogP contribution in [0.4, 0.5) is 0 Å². The Labute approximate surface area is 136 Å². The van der Waals surface area contributed by atoms with Crippen molar-refractivity contribution < 1.29 is 4.79 Å². The zero-order chi connectivity index (χ0) is 15.5. The summed E-state index contributed by atoms with van der Waals surface area (Å²) in [6.07, 6.45) is 1.79. The molecule has 1 fully saturated rings. The number of nitrogens with one attached hydrogen (secondary N) is 2. The van der Waals surface area contributed by atoms with E-state index in [1.165, 1.54) is 5.56 Å². The maximum absolute atomic E-state index is 12.7. The van der Waals surface area contributed by atoms with Crippen molar-refractivity contribution in [1.82, 2.24) is 10.6 Å². The molecule has 2 atom stereocenters. The number of benzene rings is 1. The normalized spacial score (nSPS) is 23.3. The minimum Gasteiger partial charge on any atom is -0.353 e. The summed E-state index contributed by atoms with van der Waals surface area (Å²) in [6, 6.07) is 8.43. The van der Waals surface area contributed by atoms with Crippen molar-refractivity contribution in [3.05, 3.63) is 34.3 Å². The molecule has 1 saturated heterocycles. The highest BCUT2D eigenvalue weighted by atomic mass is 79.9. The van der Waals surface area contributed by atoms with Gasteiger partial charge in [0.05, 0.1) is 5.41 Å². The smallest absolute Gasteiger partial charge is 0.228 e. The van der Waals surface area contributed by atoms with E-state index in [1.807, 2.05) is 12.1 Å². The monoisotopic (exact) mass is 352 g/mol. The van der Waals surface area contributed by atoms with E-state index in [-0.39, 0.29) is 17.4 Å². The van der Waals surface area contributed by atoms with Gasteiger partial charge in [0.25, 0.3) is 0 Å². The Kier molecular flexibility index (Phi) is 5.44. The molecule has 2 unspecified atom stereocenters. The van der Waals surface area contributed by atoms with Crippen LogP contribution in [0.25, 0.3) is 0 Å². The van der Waals surface area contributed by atoms with Crippen LogP contribution in [-0.4, -0.2) is 25.0 Å². The summed E-state index contributed by atoms with van der Waals surface area (Å²) >= 11 is 3.44. The first-order valence-electron chi connectivity index (χ1n) is 7.70. The molecule has 1 aliphatic heterocycles. The first-order chi connectivity index (χ1) is 9.94. The fourth-order valence-electron chi connectivity index (χ4n) is 3.05. The fraction of sp³-hybridized carbons (Fsp3) is 0.588. The molecule has 1 heterocycles. The van der Waals surface area contributed by atoms with E-state index in [0.717, 1.165) is 30.4 Å². The largest absolute Gasteiger partial charge is 0.353 e. The molecule has 3 nitrogen and oxygen atoms in total. The quantitative estimate of drug-likeness (QED) is 0.854. The van der Waals surface area contributed by atoms with Crippen molar-refractivity contribution in [1.29, 1.82) is 0 Å². The van der Waals surface area contributed by atoms with Gasteiger partial charge < -0.3 is 10.6 Å². The van der Waals surface area contributed by atoms with Crippen LogP contribution in [0.1, 0.15) is 32.8 Å². The molecule has 0 saturated carbocycles. The van der Waals surface area contributed by atoms with Crippen LogP contribution in [0, 0.1) is 11.3 Å². The molecular weight excluding hydrogens is 328 g/mol. The van der Waals surface area contributed by atoms with Gasteiger partial charge in [-0.3, -0.25) is 4.79 Å². The van der Waals surface area contributed by atoms with Gasteiger partial charge in [-0.2, -0.15) is 0 Å². The Hall–Kier alpha value is -0.870. The van der Waals surface area contributed by atoms with E-state index < -0.39 is 0 Å². The number of hydrogen-bond donors (Lipinski definition) is 2. The number of carbonyl (C=O) groups excluding carboxylic acids is 1. The van der Waals surface area contributed by atoms with Gasteiger partial charge in [0.1, 0.15) is 0 Å². The Morgan fingerprint density at radius 3 is 2.52 bits per heavy atom. The van der Waals surface area contributed by atoms with Crippen molar-refractivity contribution in [2.45, 2.75) is 39.7 Å². The lowest BCUT2D eigenvalue weighted by Crippen LogP contribution is -2.49. The van der Waals surface area contributed by atoms with Crippen LogP contribution in [-0.2, 0) is 11.2 Å². The Balaban J connectivity index is 1.96. The van der Waals surface area contributed by atoms with Crippen molar-refractivity contribution in [2.75, 3.05) is 13.1 Å². The maximum Gasteiger partial charge on any atom is 0.228 e. The molecule has 116 valence electrons. The van der Waals surface area contributed by atoms with Crippen LogP contribution in [0.15, 0.2) is 28.7 Å². The van der Waals surface area contributed by atoms with Crippen LogP contribution in [0.2, 0.25) is 0 Å². The van der Waals surface area contributed by atoms with E-state index in [9.17, 15) is 4.79 Å². The lowest BCUT2D eigenvalue weighted by Gasteiger charge is -2.32. The molecule has 4 heteroatoms. The first kappa shape index (κ1) is 16.5. The van der Waals surface area contributed by atoms with Crippen molar-refractivity contribution in [3.8, 4) is 0 Å². The molecule has 0 radical (unpaired) electrons. The maximum atomic E-state index is 12.7. The molecule has 1 amide bonds. The van der Waals surface area contributed by atoms with E-state index in [1.54, 1.807) is 0 Å². The highest BCUT2D eigenvalue weighted by Gasteiger charge is 2.44. The lowest BCUT2D eigenvalue weighted by molar-refractivity contribution is -0.133. The fourth-order valence-corrected chi connectivity index (χ4v) is 3.32. The zero-order valence-electron chi connectivity index (χ0n) is 13.1. The summed E-state index contributed by atoms with van der Waals surface area (Å²) < 4.78 is 1.08. The molecule has 1 aromatic carbocycles. The molecule has 1 aromatic rings. The molecule has 1 aliphatic rings. The van der Waals surface area contributed by atoms with Crippen LogP contribution in [0.5, 0.6) is 0 Å². The third-order valence-electron chi connectivity index (χ3n) is 4.58. The number of carbonyl (C=O) groups is 1. The first-order valence-corrected chi connectivity index (χ1v) is 8.49. The highest BCUT2D eigenvalue weighted by molar-refractivity contribution is 9.10. The number of amides is 1. The van der Waals surface area contributed by atoms with Gasteiger partial charge in [-0.15, -0.1) is 0 Å². The van der Waals surface area contributed by atoms with Gasteiger partial charge in [-0.1, -0.05) is 41.9 Å². The van der Waals surface area contributed by atoms with Gasteiger partial charge in [0.15, 0.2) is 0 Å². The Morgan fingerprint density at radius 1 is 1.33 bits per heavy atom. The standard InChI is InChI=1S/C17H25BrN2O/c1-12(2)17(8-9-19-11-17)16(21)20-13(3)10-14-4-6-15(18)7-5-14/h4-7,12-13,19H,8-11H2,1-3H3,(H,20,21). The average molecular weight is 353 g/mol. The highest BCUT2D eigenvalue weighted by Crippen LogP contribution is 2.34. The Bertz CT molecular complexity index is 478. The molecule has 0 aliphatic carbocycles. The number of halogens is 1. The van der Waals surface area contributed by atoms with Gasteiger partial charge in [-0.25, -0.2) is 0 Å². The van der Waals surface area contributed by atoms with Crippen LogP contribution >= 0.6 is 15.9 Å². The topological polar surface area (TPSA) is 41.1 Å². The van der Waals surface area contributed by atoms with Gasteiger partial charge in [0, 0.05) is 17.1 Å².